The third-order valence-corrected chi connectivity index (χ3v) is 4.77. The average molecular weight is 315 g/mol. The van der Waals surface area contributed by atoms with Crippen LogP contribution < -0.4 is 5.32 Å². The Kier molecular flexibility index (Phi) is 4.39. The van der Waals surface area contributed by atoms with Crippen molar-refractivity contribution in [3.8, 4) is 0 Å². The molecule has 0 aliphatic carbocycles. The highest BCUT2D eigenvalue weighted by Gasteiger charge is 2.44. The van der Waals surface area contributed by atoms with Crippen LogP contribution in [-0.2, 0) is 16.1 Å². The van der Waals surface area contributed by atoms with Gasteiger partial charge < -0.3 is 10.2 Å². The van der Waals surface area contributed by atoms with Crippen LogP contribution in [0.5, 0.6) is 0 Å². The lowest BCUT2D eigenvalue weighted by Gasteiger charge is -2.46. The van der Waals surface area contributed by atoms with Gasteiger partial charge in [0.1, 0.15) is 12.1 Å². The van der Waals surface area contributed by atoms with Gasteiger partial charge in [-0.2, -0.15) is 0 Å². The summed E-state index contributed by atoms with van der Waals surface area (Å²) >= 11 is 0. The summed E-state index contributed by atoms with van der Waals surface area (Å²) in [6, 6.07) is 7.71. The number of hydrogen-bond donors (Lipinski definition) is 1. The first-order valence-electron chi connectivity index (χ1n) is 8.34. The number of piperazine rings is 2. The van der Waals surface area contributed by atoms with Gasteiger partial charge in [0, 0.05) is 26.2 Å². The van der Waals surface area contributed by atoms with E-state index >= 15 is 0 Å². The number of fused-ring (bicyclic) bond motifs is 1. The lowest BCUT2D eigenvalue weighted by Crippen LogP contribution is -2.70. The van der Waals surface area contributed by atoms with E-state index in [4.69, 9.17) is 0 Å². The quantitative estimate of drug-likeness (QED) is 0.911. The van der Waals surface area contributed by atoms with E-state index in [0.717, 1.165) is 13.1 Å². The molecule has 0 saturated carbocycles. The third kappa shape index (κ3) is 3.24. The summed E-state index contributed by atoms with van der Waals surface area (Å²) in [6.45, 7) is 8.90. The summed E-state index contributed by atoms with van der Waals surface area (Å²) in [5, 5.41) is 2.90. The van der Waals surface area contributed by atoms with Gasteiger partial charge in [-0.1, -0.05) is 43.7 Å². The van der Waals surface area contributed by atoms with Crippen molar-refractivity contribution in [3.63, 3.8) is 0 Å². The summed E-state index contributed by atoms with van der Waals surface area (Å²) in [4.78, 5) is 29.0. The molecule has 2 amide bonds. The van der Waals surface area contributed by atoms with Crippen molar-refractivity contribution in [2.24, 2.45) is 5.92 Å². The molecule has 2 saturated heterocycles. The van der Waals surface area contributed by atoms with Crippen molar-refractivity contribution >= 4 is 11.8 Å². The van der Waals surface area contributed by atoms with Crippen LogP contribution in [-0.4, -0.2) is 53.3 Å². The lowest BCUT2D eigenvalue weighted by atomic mass is 9.96. The van der Waals surface area contributed by atoms with Crippen LogP contribution in [0.25, 0.3) is 0 Å². The summed E-state index contributed by atoms with van der Waals surface area (Å²) < 4.78 is 0. The zero-order valence-electron chi connectivity index (χ0n) is 14.1. The fraction of sp³-hybridized carbons (Fsp3) is 0.556. The van der Waals surface area contributed by atoms with Crippen molar-refractivity contribution in [2.45, 2.75) is 39.4 Å². The maximum atomic E-state index is 12.5. The Balaban J connectivity index is 1.69. The lowest BCUT2D eigenvalue weighted by molar-refractivity contribution is -0.154. The molecule has 3 rings (SSSR count). The molecule has 2 heterocycles. The van der Waals surface area contributed by atoms with Gasteiger partial charge >= 0.3 is 0 Å². The molecule has 0 radical (unpaired) electrons. The Morgan fingerprint density at radius 1 is 1.26 bits per heavy atom. The second kappa shape index (κ2) is 6.32. The summed E-state index contributed by atoms with van der Waals surface area (Å²) in [6.07, 6.45) is 0. The highest BCUT2D eigenvalue weighted by Crippen LogP contribution is 2.20. The maximum absolute atomic E-state index is 12.5. The van der Waals surface area contributed by atoms with Crippen LogP contribution in [0, 0.1) is 12.8 Å². The van der Waals surface area contributed by atoms with E-state index in [9.17, 15) is 9.59 Å². The van der Waals surface area contributed by atoms with Crippen LogP contribution in [0.2, 0.25) is 0 Å². The van der Waals surface area contributed by atoms with Crippen LogP contribution >= 0.6 is 0 Å². The average Bonchev–Trinajstić information content (AvgIpc) is 2.50. The van der Waals surface area contributed by atoms with Gasteiger partial charge in [-0.05, 0) is 18.4 Å². The van der Waals surface area contributed by atoms with Crippen molar-refractivity contribution < 1.29 is 9.59 Å². The van der Waals surface area contributed by atoms with E-state index in [0.29, 0.717) is 13.1 Å². The maximum Gasteiger partial charge on any atom is 0.246 e. The molecular formula is C18H25N3O2. The molecule has 1 N–H and O–H groups in total. The number of carbonyl (C=O) groups excluding carboxylic acids is 2. The second-order valence-electron chi connectivity index (χ2n) is 7.00. The van der Waals surface area contributed by atoms with Gasteiger partial charge in [0.25, 0.3) is 0 Å². The van der Waals surface area contributed by atoms with E-state index in [-0.39, 0.29) is 29.8 Å². The number of hydrogen-bond acceptors (Lipinski definition) is 3. The first-order valence-corrected chi connectivity index (χ1v) is 8.34. The zero-order valence-corrected chi connectivity index (χ0v) is 14.1. The minimum absolute atomic E-state index is 0.0164. The number of nitrogens with one attached hydrogen (secondary N) is 1. The molecule has 2 atom stereocenters. The molecule has 0 bridgehead atoms. The topological polar surface area (TPSA) is 52.6 Å². The summed E-state index contributed by atoms with van der Waals surface area (Å²) in [5.41, 5.74) is 2.49. The summed E-state index contributed by atoms with van der Waals surface area (Å²) in [7, 11) is 0. The molecule has 1 aromatic carbocycles. The molecule has 2 aliphatic rings. The smallest absolute Gasteiger partial charge is 0.246 e. The van der Waals surface area contributed by atoms with E-state index in [1.165, 1.54) is 11.1 Å². The number of carbonyl (C=O) groups is 2. The van der Waals surface area contributed by atoms with Crippen molar-refractivity contribution in [1.82, 2.24) is 15.1 Å². The monoisotopic (exact) mass is 315 g/mol. The van der Waals surface area contributed by atoms with Crippen molar-refractivity contribution in [3.05, 3.63) is 35.4 Å². The SMILES string of the molecule is Cc1cccc(CN2CCN3C(=O)[C@@H](C(C)C)NC(=O)[C@H]3C2)c1. The molecule has 2 aliphatic heterocycles. The van der Waals surface area contributed by atoms with Gasteiger partial charge in [-0.25, -0.2) is 0 Å². The Hall–Kier alpha value is -1.88. The summed E-state index contributed by atoms with van der Waals surface area (Å²) in [5.74, 6) is 0.176. The van der Waals surface area contributed by atoms with Crippen LogP contribution in [0.4, 0.5) is 0 Å². The minimum Gasteiger partial charge on any atom is -0.342 e. The minimum atomic E-state index is -0.373. The second-order valence-corrected chi connectivity index (χ2v) is 7.00. The predicted molar refractivity (Wildman–Crippen MR) is 88.7 cm³/mol. The largest absolute Gasteiger partial charge is 0.342 e. The first-order chi connectivity index (χ1) is 11.0. The molecule has 124 valence electrons. The van der Waals surface area contributed by atoms with E-state index < -0.39 is 0 Å². The first kappa shape index (κ1) is 16.0. The van der Waals surface area contributed by atoms with Crippen molar-refractivity contribution in [2.75, 3.05) is 19.6 Å². The molecule has 5 heteroatoms. The molecule has 23 heavy (non-hydrogen) atoms. The molecule has 0 unspecified atom stereocenters. The number of aryl methyl sites for hydroxylation is 1. The Morgan fingerprint density at radius 2 is 2.04 bits per heavy atom. The van der Waals surface area contributed by atoms with Gasteiger partial charge in [-0.15, -0.1) is 0 Å². The number of amides is 2. The van der Waals surface area contributed by atoms with Gasteiger partial charge in [0.2, 0.25) is 11.8 Å². The molecule has 0 spiro atoms. The third-order valence-electron chi connectivity index (χ3n) is 4.77. The normalized spacial score (nSPS) is 25.5. The molecule has 0 aromatic heterocycles. The molecule has 2 fully saturated rings. The standard InChI is InChI=1S/C18H25N3O2/c1-12(2)16-18(23)21-8-7-20(11-15(21)17(22)19-16)10-14-6-4-5-13(3)9-14/h4-6,9,12,15-16H,7-8,10-11H2,1-3H3,(H,19,22)/t15-,16-/m1/s1. The molecule has 1 aromatic rings. The Bertz CT molecular complexity index is 614. The number of nitrogens with zero attached hydrogens (tertiary/aromatic N) is 2. The highest BCUT2D eigenvalue weighted by atomic mass is 16.2. The Morgan fingerprint density at radius 3 is 2.74 bits per heavy atom. The fourth-order valence-corrected chi connectivity index (χ4v) is 3.48. The van der Waals surface area contributed by atoms with E-state index in [1.54, 1.807) is 4.90 Å². The van der Waals surface area contributed by atoms with Crippen LogP contribution in [0.15, 0.2) is 24.3 Å². The molecule has 5 nitrogen and oxygen atoms in total. The van der Waals surface area contributed by atoms with Gasteiger partial charge in [0.15, 0.2) is 0 Å². The number of rotatable bonds is 3. The number of benzene rings is 1. The van der Waals surface area contributed by atoms with E-state index in [1.807, 2.05) is 13.8 Å². The van der Waals surface area contributed by atoms with Crippen molar-refractivity contribution in [1.29, 1.82) is 0 Å². The van der Waals surface area contributed by atoms with Gasteiger partial charge in [0.05, 0.1) is 0 Å². The van der Waals surface area contributed by atoms with Crippen LogP contribution in [0.1, 0.15) is 25.0 Å². The Labute approximate surface area is 137 Å². The molecular weight excluding hydrogens is 290 g/mol. The van der Waals surface area contributed by atoms with Crippen LogP contribution in [0.3, 0.4) is 0 Å². The van der Waals surface area contributed by atoms with Gasteiger partial charge in [-0.3, -0.25) is 14.5 Å². The van der Waals surface area contributed by atoms with E-state index in [2.05, 4.69) is 41.4 Å². The predicted octanol–water partition coefficient (Wildman–Crippen LogP) is 1.16. The zero-order chi connectivity index (χ0) is 16.6. The fourth-order valence-electron chi connectivity index (χ4n) is 3.48. The highest BCUT2D eigenvalue weighted by molar-refractivity contribution is 5.97.